The molecule has 3 aromatic heterocycles. The number of aromatic nitrogens is 3. The average molecular weight is 434 g/mol. The third kappa shape index (κ3) is 3.85. The number of imidazole rings is 1. The van der Waals surface area contributed by atoms with Gasteiger partial charge in [0.1, 0.15) is 5.65 Å². The van der Waals surface area contributed by atoms with E-state index in [0.29, 0.717) is 24.5 Å². The lowest BCUT2D eigenvalue weighted by atomic mass is 9.91. The Labute approximate surface area is 190 Å². The van der Waals surface area contributed by atoms with Crippen molar-refractivity contribution in [1.29, 1.82) is 0 Å². The van der Waals surface area contributed by atoms with Gasteiger partial charge in [-0.1, -0.05) is 12.1 Å². The van der Waals surface area contributed by atoms with Crippen molar-refractivity contribution >= 4 is 5.65 Å². The third-order valence-corrected chi connectivity index (χ3v) is 7.65. The number of nitrogens with zero attached hydrogens (tertiary/aromatic N) is 5. The zero-order valence-corrected chi connectivity index (χ0v) is 19.5. The first kappa shape index (κ1) is 21.6. The Balaban J connectivity index is 1.46. The summed E-state index contributed by atoms with van der Waals surface area (Å²) in [7, 11) is 6.52. The highest BCUT2D eigenvalue weighted by Gasteiger charge is 2.30. The monoisotopic (exact) mass is 433 g/mol. The molecule has 3 aromatic rings. The fourth-order valence-corrected chi connectivity index (χ4v) is 5.89. The second-order valence-electron chi connectivity index (χ2n) is 9.81. The zero-order valence-electron chi connectivity index (χ0n) is 19.5. The Kier molecular flexibility index (Phi) is 6.01. The van der Waals surface area contributed by atoms with Gasteiger partial charge in [0.15, 0.2) is 0 Å². The van der Waals surface area contributed by atoms with Crippen LogP contribution in [0.1, 0.15) is 72.4 Å². The molecule has 1 N–H and O–H groups in total. The molecule has 3 atom stereocenters. The summed E-state index contributed by atoms with van der Waals surface area (Å²) in [6.07, 6.45) is 8.89. The van der Waals surface area contributed by atoms with Crippen molar-refractivity contribution in [2.45, 2.75) is 69.7 Å². The van der Waals surface area contributed by atoms with Crippen LogP contribution in [-0.4, -0.2) is 56.5 Å². The van der Waals surface area contributed by atoms with E-state index in [-0.39, 0.29) is 6.61 Å². The van der Waals surface area contributed by atoms with Crippen LogP contribution < -0.4 is 0 Å². The quantitative estimate of drug-likeness (QED) is 0.638. The van der Waals surface area contributed by atoms with Crippen LogP contribution in [0.3, 0.4) is 0 Å². The summed E-state index contributed by atoms with van der Waals surface area (Å²) in [6.45, 7) is 0.716. The molecule has 1 fully saturated rings. The van der Waals surface area contributed by atoms with E-state index in [9.17, 15) is 5.11 Å². The summed E-state index contributed by atoms with van der Waals surface area (Å²) in [5.41, 5.74) is 6.73. The highest BCUT2D eigenvalue weighted by Crippen LogP contribution is 2.38. The molecule has 3 heterocycles. The van der Waals surface area contributed by atoms with Crippen LogP contribution in [0.2, 0.25) is 0 Å². The van der Waals surface area contributed by atoms with Crippen molar-refractivity contribution in [3.05, 3.63) is 64.9 Å². The van der Waals surface area contributed by atoms with Crippen molar-refractivity contribution in [3.63, 3.8) is 0 Å². The standard InChI is InChI=1S/C26H35N5O/c1-29(2)20-13-12-19(15-20)22-9-5-11-25-28-21(24(17-32)31(22)25)16-30(3)23-10-4-7-18-8-6-14-27-26(18)23/h5-6,8-9,11,14,19-20,23,32H,4,7,10,12-13,15-17H2,1-3H3/t19?,20-,23-/m0/s1. The van der Waals surface area contributed by atoms with Gasteiger partial charge in [0.25, 0.3) is 0 Å². The van der Waals surface area contributed by atoms with E-state index in [1.807, 2.05) is 12.3 Å². The van der Waals surface area contributed by atoms with Crippen LogP contribution in [-0.2, 0) is 19.6 Å². The van der Waals surface area contributed by atoms with Crippen LogP contribution >= 0.6 is 0 Å². The molecule has 1 saturated carbocycles. The minimum atomic E-state index is 0.00465. The Bertz CT molecular complexity index is 1090. The molecule has 0 saturated heterocycles. The summed E-state index contributed by atoms with van der Waals surface area (Å²) in [5.74, 6) is 0.505. The number of fused-ring (bicyclic) bond motifs is 2. The normalized spacial score (nSPS) is 23.4. The molecule has 0 radical (unpaired) electrons. The van der Waals surface area contributed by atoms with Gasteiger partial charge in [-0.05, 0) is 83.4 Å². The van der Waals surface area contributed by atoms with Crippen molar-refractivity contribution in [3.8, 4) is 0 Å². The van der Waals surface area contributed by atoms with Gasteiger partial charge in [0, 0.05) is 30.4 Å². The Morgan fingerprint density at radius 3 is 2.75 bits per heavy atom. The topological polar surface area (TPSA) is 56.9 Å². The van der Waals surface area contributed by atoms with Gasteiger partial charge in [-0.15, -0.1) is 0 Å². The number of rotatable bonds is 6. The molecule has 1 unspecified atom stereocenters. The Morgan fingerprint density at radius 1 is 1.09 bits per heavy atom. The van der Waals surface area contributed by atoms with Crippen LogP contribution in [0.15, 0.2) is 36.5 Å². The lowest BCUT2D eigenvalue weighted by molar-refractivity contribution is 0.203. The molecular weight excluding hydrogens is 398 g/mol. The first-order valence-corrected chi connectivity index (χ1v) is 12.0. The zero-order chi connectivity index (χ0) is 22.2. The van der Waals surface area contributed by atoms with Crippen LogP contribution in [0, 0.1) is 0 Å². The molecule has 0 spiro atoms. The van der Waals surface area contributed by atoms with Gasteiger partial charge in [-0.25, -0.2) is 4.98 Å². The number of pyridine rings is 2. The lowest BCUT2D eigenvalue weighted by Crippen LogP contribution is -2.29. The van der Waals surface area contributed by atoms with Crippen molar-refractivity contribution in [2.24, 2.45) is 0 Å². The lowest BCUT2D eigenvalue weighted by Gasteiger charge is -2.32. The van der Waals surface area contributed by atoms with E-state index in [2.05, 4.69) is 59.6 Å². The van der Waals surface area contributed by atoms with Crippen LogP contribution in [0.5, 0.6) is 0 Å². The maximum Gasteiger partial charge on any atom is 0.137 e. The van der Waals surface area contributed by atoms with Gasteiger partial charge in [-0.2, -0.15) is 0 Å². The van der Waals surface area contributed by atoms with Gasteiger partial charge in [-0.3, -0.25) is 14.3 Å². The van der Waals surface area contributed by atoms with E-state index in [4.69, 9.17) is 9.97 Å². The fraction of sp³-hybridized carbons (Fsp3) is 0.538. The number of aryl methyl sites for hydroxylation is 1. The molecule has 0 aromatic carbocycles. The summed E-state index contributed by atoms with van der Waals surface area (Å²) in [6, 6.07) is 11.6. The number of hydrogen-bond donors (Lipinski definition) is 1. The molecule has 2 aliphatic rings. The molecule has 6 heteroatoms. The molecule has 6 nitrogen and oxygen atoms in total. The summed E-state index contributed by atoms with van der Waals surface area (Å²) in [4.78, 5) is 14.4. The maximum absolute atomic E-state index is 10.4. The molecule has 0 amide bonds. The minimum absolute atomic E-state index is 0.00465. The highest BCUT2D eigenvalue weighted by atomic mass is 16.3. The summed E-state index contributed by atoms with van der Waals surface area (Å²) < 4.78 is 2.24. The van der Waals surface area contributed by atoms with E-state index in [0.717, 1.165) is 36.3 Å². The molecule has 32 heavy (non-hydrogen) atoms. The minimum Gasteiger partial charge on any atom is -0.390 e. The predicted molar refractivity (Wildman–Crippen MR) is 127 cm³/mol. The van der Waals surface area contributed by atoms with E-state index in [1.165, 1.54) is 36.2 Å². The van der Waals surface area contributed by atoms with Crippen LogP contribution in [0.4, 0.5) is 0 Å². The number of aliphatic hydroxyl groups excluding tert-OH is 1. The van der Waals surface area contributed by atoms with E-state index in [1.54, 1.807) is 0 Å². The Hall–Kier alpha value is -2.28. The average Bonchev–Trinajstić information content (AvgIpc) is 3.43. The SMILES string of the molecule is CN(C)[C@H]1CCC(c2cccc3nc(CN(C)[C@H]4CCCc5cccnc54)c(CO)n23)C1. The van der Waals surface area contributed by atoms with Crippen molar-refractivity contribution in [2.75, 3.05) is 21.1 Å². The number of aliphatic hydroxyl groups is 1. The molecular formula is C26H35N5O. The first-order valence-electron chi connectivity index (χ1n) is 12.0. The van der Waals surface area contributed by atoms with Gasteiger partial charge in [0.05, 0.1) is 29.7 Å². The Morgan fingerprint density at radius 2 is 1.97 bits per heavy atom. The predicted octanol–water partition coefficient (Wildman–Crippen LogP) is 3.93. The highest BCUT2D eigenvalue weighted by molar-refractivity contribution is 5.46. The molecule has 0 bridgehead atoms. The van der Waals surface area contributed by atoms with Crippen LogP contribution in [0.25, 0.3) is 5.65 Å². The molecule has 5 rings (SSSR count). The number of hydrogen-bond acceptors (Lipinski definition) is 5. The molecule has 2 aliphatic carbocycles. The van der Waals surface area contributed by atoms with Gasteiger partial charge >= 0.3 is 0 Å². The maximum atomic E-state index is 10.4. The molecule has 0 aliphatic heterocycles. The first-order chi connectivity index (χ1) is 15.6. The second-order valence-corrected chi connectivity index (χ2v) is 9.81. The third-order valence-electron chi connectivity index (χ3n) is 7.65. The second kappa shape index (κ2) is 8.93. The van der Waals surface area contributed by atoms with Crippen molar-refractivity contribution < 1.29 is 5.11 Å². The van der Waals surface area contributed by atoms with Gasteiger partial charge < -0.3 is 10.0 Å². The van der Waals surface area contributed by atoms with Crippen molar-refractivity contribution in [1.82, 2.24) is 24.2 Å². The summed E-state index contributed by atoms with van der Waals surface area (Å²) >= 11 is 0. The molecule has 170 valence electrons. The largest absolute Gasteiger partial charge is 0.390 e. The van der Waals surface area contributed by atoms with Gasteiger partial charge in [0.2, 0.25) is 0 Å². The summed E-state index contributed by atoms with van der Waals surface area (Å²) in [5, 5.41) is 10.4. The van der Waals surface area contributed by atoms with E-state index >= 15 is 0 Å². The smallest absolute Gasteiger partial charge is 0.137 e. The van der Waals surface area contributed by atoms with E-state index < -0.39 is 0 Å². The fourth-order valence-electron chi connectivity index (χ4n) is 5.89.